The van der Waals surface area contributed by atoms with Gasteiger partial charge in [-0.2, -0.15) is 0 Å². The van der Waals surface area contributed by atoms with E-state index in [0.717, 1.165) is 34.1 Å². The summed E-state index contributed by atoms with van der Waals surface area (Å²) in [5.74, 6) is 3.32. The molecule has 0 aliphatic rings. The van der Waals surface area contributed by atoms with Gasteiger partial charge >= 0.3 is 0 Å². The Morgan fingerprint density at radius 1 is 1.06 bits per heavy atom. The van der Waals surface area contributed by atoms with Crippen molar-refractivity contribution in [2.24, 2.45) is 4.99 Å². The zero-order chi connectivity index (χ0) is 22.1. The van der Waals surface area contributed by atoms with Crippen molar-refractivity contribution in [2.45, 2.75) is 26.9 Å². The van der Waals surface area contributed by atoms with Gasteiger partial charge < -0.3 is 20.1 Å². The van der Waals surface area contributed by atoms with Gasteiger partial charge in [-0.1, -0.05) is 18.2 Å². The first kappa shape index (κ1) is 22.3. The van der Waals surface area contributed by atoms with Crippen LogP contribution in [0.3, 0.4) is 0 Å². The third kappa shape index (κ3) is 6.29. The van der Waals surface area contributed by atoms with E-state index in [1.54, 1.807) is 20.4 Å². The molecular formula is C23H30N6O2. The van der Waals surface area contributed by atoms with E-state index in [4.69, 9.17) is 9.47 Å². The van der Waals surface area contributed by atoms with E-state index in [1.807, 2.05) is 49.0 Å². The highest BCUT2D eigenvalue weighted by molar-refractivity contribution is 5.79. The third-order valence-electron chi connectivity index (χ3n) is 4.78. The SMILES string of the molecule is CN=C(NCc1ccc(-n2ccnc2C)nc1)NCc1ccc(C)cc1OCCOC. The summed E-state index contributed by atoms with van der Waals surface area (Å²) < 4.78 is 12.9. The summed E-state index contributed by atoms with van der Waals surface area (Å²) >= 11 is 0. The maximum atomic E-state index is 5.86. The van der Waals surface area contributed by atoms with E-state index >= 15 is 0 Å². The molecule has 0 amide bonds. The maximum Gasteiger partial charge on any atom is 0.191 e. The zero-order valence-electron chi connectivity index (χ0n) is 18.6. The molecule has 8 nitrogen and oxygen atoms in total. The Morgan fingerprint density at radius 2 is 1.90 bits per heavy atom. The van der Waals surface area contributed by atoms with E-state index in [-0.39, 0.29) is 0 Å². The molecule has 0 saturated heterocycles. The normalized spacial score (nSPS) is 11.4. The third-order valence-corrected chi connectivity index (χ3v) is 4.78. The number of nitrogens with one attached hydrogen (secondary N) is 2. The summed E-state index contributed by atoms with van der Waals surface area (Å²) in [4.78, 5) is 13.1. The molecule has 0 aliphatic heterocycles. The smallest absolute Gasteiger partial charge is 0.191 e. The zero-order valence-corrected chi connectivity index (χ0v) is 18.6. The molecule has 0 spiro atoms. The Labute approximate surface area is 183 Å². The van der Waals surface area contributed by atoms with Crippen molar-refractivity contribution in [1.82, 2.24) is 25.2 Å². The summed E-state index contributed by atoms with van der Waals surface area (Å²) in [6.45, 7) is 6.28. The predicted molar refractivity (Wildman–Crippen MR) is 122 cm³/mol. The fourth-order valence-corrected chi connectivity index (χ4v) is 3.05. The van der Waals surface area contributed by atoms with Crippen molar-refractivity contribution < 1.29 is 9.47 Å². The van der Waals surface area contributed by atoms with E-state index in [9.17, 15) is 0 Å². The standard InChI is InChI=1S/C23H30N6O2/c1-17-5-7-20(21(13-17)31-12-11-30-4)16-28-23(24-3)27-15-19-6-8-22(26-14-19)29-10-9-25-18(29)2/h5-10,13-14H,11-12,15-16H2,1-4H3,(H2,24,27,28). The molecule has 3 rings (SSSR count). The van der Waals surface area contributed by atoms with E-state index in [2.05, 4.69) is 37.7 Å². The second-order valence-corrected chi connectivity index (χ2v) is 7.10. The second-order valence-electron chi connectivity index (χ2n) is 7.10. The van der Waals surface area contributed by atoms with Crippen LogP contribution < -0.4 is 15.4 Å². The number of rotatable bonds is 9. The average molecular weight is 423 g/mol. The lowest BCUT2D eigenvalue weighted by Crippen LogP contribution is -2.36. The van der Waals surface area contributed by atoms with Crippen molar-refractivity contribution in [3.63, 3.8) is 0 Å². The van der Waals surface area contributed by atoms with Gasteiger partial charge in [0.15, 0.2) is 5.96 Å². The molecule has 2 aromatic heterocycles. The summed E-state index contributed by atoms with van der Waals surface area (Å²) in [6, 6.07) is 10.2. The van der Waals surface area contributed by atoms with Crippen LogP contribution in [0.25, 0.3) is 5.82 Å². The number of guanidine groups is 1. The van der Waals surface area contributed by atoms with Crippen LogP contribution in [0.15, 0.2) is 53.9 Å². The van der Waals surface area contributed by atoms with Gasteiger partial charge in [0.2, 0.25) is 0 Å². The van der Waals surface area contributed by atoms with Gasteiger partial charge in [0.1, 0.15) is 24.0 Å². The first-order valence-electron chi connectivity index (χ1n) is 10.2. The van der Waals surface area contributed by atoms with Crippen molar-refractivity contribution in [3.05, 3.63) is 71.4 Å². The number of hydrogen-bond donors (Lipinski definition) is 2. The Bertz CT molecular complexity index is 998. The monoisotopic (exact) mass is 422 g/mol. The van der Waals surface area contributed by atoms with Crippen LogP contribution in [0.2, 0.25) is 0 Å². The number of hydrogen-bond acceptors (Lipinski definition) is 5. The van der Waals surface area contributed by atoms with Crippen LogP contribution in [-0.4, -0.2) is 47.9 Å². The predicted octanol–water partition coefficient (Wildman–Crippen LogP) is 2.77. The molecule has 0 saturated carbocycles. The number of methoxy groups -OCH3 is 1. The molecule has 164 valence electrons. The fourth-order valence-electron chi connectivity index (χ4n) is 3.05. The minimum absolute atomic E-state index is 0.515. The quantitative estimate of drug-likeness (QED) is 0.313. The molecule has 2 heterocycles. The number of aromatic nitrogens is 3. The Hall–Kier alpha value is -3.39. The molecule has 31 heavy (non-hydrogen) atoms. The molecule has 0 radical (unpaired) electrons. The first-order chi connectivity index (χ1) is 15.1. The minimum Gasteiger partial charge on any atom is -0.491 e. The highest BCUT2D eigenvalue weighted by Gasteiger charge is 2.07. The van der Waals surface area contributed by atoms with Crippen molar-refractivity contribution in [1.29, 1.82) is 0 Å². The Kier molecular flexibility index (Phi) is 8.00. The van der Waals surface area contributed by atoms with Gasteiger partial charge in [-0.05, 0) is 37.1 Å². The van der Waals surface area contributed by atoms with Crippen LogP contribution in [0.4, 0.5) is 0 Å². The Balaban J connectivity index is 1.55. The average Bonchev–Trinajstić information content (AvgIpc) is 3.21. The van der Waals surface area contributed by atoms with Gasteiger partial charge in [-0.25, -0.2) is 9.97 Å². The molecule has 0 fully saturated rings. The number of pyridine rings is 1. The molecule has 2 N–H and O–H groups in total. The van der Waals surface area contributed by atoms with Crippen LogP contribution in [0.1, 0.15) is 22.5 Å². The first-order valence-corrected chi connectivity index (χ1v) is 10.2. The van der Waals surface area contributed by atoms with Crippen LogP contribution in [-0.2, 0) is 17.8 Å². The molecule has 0 atom stereocenters. The highest BCUT2D eigenvalue weighted by atomic mass is 16.5. The topological polar surface area (TPSA) is 85.6 Å². The van der Waals surface area contributed by atoms with E-state index in [1.165, 1.54) is 0 Å². The number of aliphatic imine (C=N–C) groups is 1. The molecule has 1 aromatic carbocycles. The van der Waals surface area contributed by atoms with Crippen molar-refractivity contribution in [3.8, 4) is 11.6 Å². The van der Waals surface area contributed by atoms with E-state index < -0.39 is 0 Å². The molecule has 0 bridgehead atoms. The van der Waals surface area contributed by atoms with Crippen molar-refractivity contribution in [2.75, 3.05) is 27.4 Å². The van der Waals surface area contributed by atoms with Crippen molar-refractivity contribution >= 4 is 5.96 Å². The number of benzene rings is 1. The van der Waals surface area contributed by atoms with Gasteiger partial charge in [-0.3, -0.25) is 9.56 Å². The number of ether oxygens (including phenoxy) is 2. The molecule has 8 heteroatoms. The van der Waals surface area contributed by atoms with Gasteiger partial charge in [0, 0.05) is 51.4 Å². The van der Waals surface area contributed by atoms with Gasteiger partial charge in [0.05, 0.1) is 6.61 Å². The largest absolute Gasteiger partial charge is 0.491 e. The van der Waals surface area contributed by atoms with Gasteiger partial charge in [-0.15, -0.1) is 0 Å². The highest BCUT2D eigenvalue weighted by Crippen LogP contribution is 2.20. The number of nitrogens with zero attached hydrogens (tertiary/aromatic N) is 4. The Morgan fingerprint density at radius 3 is 2.58 bits per heavy atom. The lowest BCUT2D eigenvalue weighted by atomic mass is 10.1. The van der Waals surface area contributed by atoms with Gasteiger partial charge in [0.25, 0.3) is 0 Å². The fraction of sp³-hybridized carbons (Fsp3) is 0.348. The molecule has 0 aliphatic carbocycles. The lowest BCUT2D eigenvalue weighted by molar-refractivity contribution is 0.145. The molecular weight excluding hydrogens is 392 g/mol. The molecule has 3 aromatic rings. The summed E-state index contributed by atoms with van der Waals surface area (Å²) in [5.41, 5.74) is 3.27. The number of aryl methyl sites for hydroxylation is 2. The van der Waals surface area contributed by atoms with Crippen LogP contribution >= 0.6 is 0 Å². The van der Waals surface area contributed by atoms with Crippen LogP contribution in [0, 0.1) is 13.8 Å². The minimum atomic E-state index is 0.515. The summed E-state index contributed by atoms with van der Waals surface area (Å²) in [5, 5.41) is 6.67. The van der Waals surface area contributed by atoms with E-state index in [0.29, 0.717) is 32.3 Å². The number of imidazole rings is 1. The van der Waals surface area contributed by atoms with Crippen LogP contribution in [0.5, 0.6) is 5.75 Å². The maximum absolute atomic E-state index is 5.86. The summed E-state index contributed by atoms with van der Waals surface area (Å²) in [6.07, 6.45) is 5.53. The lowest BCUT2D eigenvalue weighted by Gasteiger charge is -2.15. The summed E-state index contributed by atoms with van der Waals surface area (Å²) in [7, 11) is 3.42. The second kappa shape index (κ2) is 11.1. The molecule has 0 unspecified atom stereocenters.